The van der Waals surface area contributed by atoms with Crippen molar-refractivity contribution in [1.82, 2.24) is 0 Å². The van der Waals surface area contributed by atoms with E-state index < -0.39 is 0 Å². The predicted molar refractivity (Wildman–Crippen MR) is 139 cm³/mol. The molecule has 0 amide bonds. The highest BCUT2D eigenvalue weighted by molar-refractivity contribution is 5.78. The highest BCUT2D eigenvalue weighted by Gasteiger charge is 2.14. The van der Waals surface area contributed by atoms with E-state index in [1.165, 1.54) is 22.3 Å². The van der Waals surface area contributed by atoms with E-state index in [-0.39, 0.29) is 0 Å². The Morgan fingerprint density at radius 2 is 0.781 bits per heavy atom. The zero-order chi connectivity index (χ0) is 22.7. The van der Waals surface area contributed by atoms with Gasteiger partial charge in [0.15, 0.2) is 0 Å². The normalized spacial score (nSPS) is 11.2. The Hall–Kier alpha value is -3.52. The summed E-state index contributed by atoms with van der Waals surface area (Å²) in [4.78, 5) is 2.32. The fraction of sp³-hybridized carbons (Fsp3) is 0.200. The van der Waals surface area contributed by atoms with Gasteiger partial charge in [-0.15, -0.1) is 0 Å². The van der Waals surface area contributed by atoms with Crippen molar-refractivity contribution in [2.75, 3.05) is 10.6 Å². The molecule has 0 aromatic heterocycles. The summed E-state index contributed by atoms with van der Waals surface area (Å²) >= 11 is 0. The smallest absolute Gasteiger partial charge is 0.0462 e. The minimum Gasteiger partial charge on any atom is -0.399 e. The van der Waals surface area contributed by atoms with E-state index in [0.29, 0.717) is 11.8 Å². The van der Waals surface area contributed by atoms with Crippen LogP contribution in [0.15, 0.2) is 97.1 Å². The Morgan fingerprint density at radius 1 is 0.469 bits per heavy atom. The molecule has 4 rings (SSSR count). The van der Waals surface area contributed by atoms with Gasteiger partial charge in [-0.3, -0.25) is 0 Å². The van der Waals surface area contributed by atoms with Crippen molar-refractivity contribution in [2.24, 2.45) is 0 Å². The molecule has 4 aromatic carbocycles. The minimum absolute atomic E-state index is 0.516. The molecule has 0 heterocycles. The molecule has 0 aliphatic rings. The second kappa shape index (κ2) is 9.32. The summed E-state index contributed by atoms with van der Waals surface area (Å²) in [6, 6.07) is 34.6. The van der Waals surface area contributed by atoms with Crippen molar-refractivity contribution >= 4 is 22.7 Å². The van der Waals surface area contributed by atoms with Crippen LogP contribution in [0.5, 0.6) is 0 Å². The number of rotatable bonds is 6. The summed E-state index contributed by atoms with van der Waals surface area (Å²) in [6.45, 7) is 8.92. The second-order valence-electron chi connectivity index (χ2n) is 9.00. The molecular formula is C30H32N2. The molecule has 162 valence electrons. The van der Waals surface area contributed by atoms with Crippen molar-refractivity contribution in [1.29, 1.82) is 0 Å². The molecule has 0 atom stereocenters. The minimum atomic E-state index is 0.516. The lowest BCUT2D eigenvalue weighted by molar-refractivity contribution is 0.866. The van der Waals surface area contributed by atoms with Crippen LogP contribution in [-0.4, -0.2) is 0 Å². The van der Waals surface area contributed by atoms with Gasteiger partial charge in [0.2, 0.25) is 0 Å². The average molecular weight is 421 g/mol. The standard InChI is InChI=1S/C30H32N2/c1-21(2)23-7-15-28(16-8-23)32(29-17-9-24(10-18-29)22(3)4)30-19-11-26(12-20-30)25-5-13-27(31)14-6-25/h5-22H,31H2,1-4H3. The summed E-state index contributed by atoms with van der Waals surface area (Å²) in [5.74, 6) is 1.03. The van der Waals surface area contributed by atoms with Gasteiger partial charge in [0.25, 0.3) is 0 Å². The molecule has 4 aromatic rings. The fourth-order valence-corrected chi connectivity index (χ4v) is 3.94. The van der Waals surface area contributed by atoms with Gasteiger partial charge in [-0.25, -0.2) is 0 Å². The van der Waals surface area contributed by atoms with Gasteiger partial charge < -0.3 is 10.6 Å². The first-order valence-corrected chi connectivity index (χ1v) is 11.4. The molecule has 0 bridgehead atoms. The molecule has 32 heavy (non-hydrogen) atoms. The van der Waals surface area contributed by atoms with E-state index in [4.69, 9.17) is 5.73 Å². The van der Waals surface area contributed by atoms with Gasteiger partial charge in [-0.2, -0.15) is 0 Å². The quantitative estimate of drug-likeness (QED) is 0.316. The van der Waals surface area contributed by atoms with Gasteiger partial charge in [0, 0.05) is 22.7 Å². The Labute approximate surface area is 192 Å². The van der Waals surface area contributed by atoms with Crippen LogP contribution in [0.1, 0.15) is 50.7 Å². The second-order valence-corrected chi connectivity index (χ2v) is 9.00. The molecule has 0 fully saturated rings. The molecule has 0 aliphatic carbocycles. The summed E-state index contributed by atoms with van der Waals surface area (Å²) in [5.41, 5.74) is 15.1. The van der Waals surface area contributed by atoms with E-state index in [9.17, 15) is 0 Å². The van der Waals surface area contributed by atoms with E-state index in [0.717, 1.165) is 22.7 Å². The van der Waals surface area contributed by atoms with Crippen LogP contribution in [0.3, 0.4) is 0 Å². The molecule has 2 nitrogen and oxygen atoms in total. The highest BCUT2D eigenvalue weighted by atomic mass is 15.1. The summed E-state index contributed by atoms with van der Waals surface area (Å²) in [5, 5.41) is 0. The maximum atomic E-state index is 5.85. The molecule has 0 unspecified atom stereocenters. The molecule has 0 aliphatic heterocycles. The Morgan fingerprint density at radius 3 is 1.12 bits per heavy atom. The number of benzene rings is 4. The maximum absolute atomic E-state index is 5.85. The third kappa shape index (κ3) is 4.70. The molecular weight excluding hydrogens is 388 g/mol. The monoisotopic (exact) mass is 420 g/mol. The third-order valence-electron chi connectivity index (χ3n) is 6.01. The summed E-state index contributed by atoms with van der Waals surface area (Å²) in [6.07, 6.45) is 0. The molecule has 0 spiro atoms. The first kappa shape index (κ1) is 21.7. The van der Waals surface area contributed by atoms with Crippen LogP contribution in [0.2, 0.25) is 0 Å². The Balaban J connectivity index is 1.73. The average Bonchev–Trinajstić information content (AvgIpc) is 2.81. The Bertz CT molecular complexity index is 1090. The van der Waals surface area contributed by atoms with E-state index in [1.54, 1.807) is 0 Å². The summed E-state index contributed by atoms with van der Waals surface area (Å²) < 4.78 is 0. The van der Waals surface area contributed by atoms with E-state index in [2.05, 4.69) is 118 Å². The number of nitrogens with zero attached hydrogens (tertiary/aromatic N) is 1. The zero-order valence-corrected chi connectivity index (χ0v) is 19.4. The van der Waals surface area contributed by atoms with Crippen LogP contribution in [0.4, 0.5) is 22.7 Å². The van der Waals surface area contributed by atoms with Crippen molar-refractivity contribution in [3.05, 3.63) is 108 Å². The number of anilines is 4. The van der Waals surface area contributed by atoms with Gasteiger partial charge in [-0.1, -0.05) is 76.2 Å². The van der Waals surface area contributed by atoms with Gasteiger partial charge in [-0.05, 0) is 82.6 Å². The lowest BCUT2D eigenvalue weighted by Crippen LogP contribution is -2.10. The molecule has 0 saturated heterocycles. The van der Waals surface area contributed by atoms with Crippen LogP contribution < -0.4 is 10.6 Å². The Kier molecular flexibility index (Phi) is 6.32. The molecule has 2 heteroatoms. The van der Waals surface area contributed by atoms with Crippen LogP contribution in [-0.2, 0) is 0 Å². The number of nitrogen functional groups attached to an aromatic ring is 1. The van der Waals surface area contributed by atoms with Crippen molar-refractivity contribution < 1.29 is 0 Å². The van der Waals surface area contributed by atoms with E-state index >= 15 is 0 Å². The molecule has 0 saturated carbocycles. The number of hydrogen-bond acceptors (Lipinski definition) is 2. The fourth-order valence-electron chi connectivity index (χ4n) is 3.94. The number of nitrogens with two attached hydrogens (primary N) is 1. The predicted octanol–water partition coefficient (Wildman–Crippen LogP) is 8.65. The van der Waals surface area contributed by atoms with Crippen molar-refractivity contribution in [2.45, 2.75) is 39.5 Å². The van der Waals surface area contributed by atoms with E-state index in [1.807, 2.05) is 12.1 Å². The van der Waals surface area contributed by atoms with Crippen molar-refractivity contribution in [3.8, 4) is 11.1 Å². The molecule has 0 radical (unpaired) electrons. The SMILES string of the molecule is CC(C)c1ccc(N(c2ccc(-c3ccc(N)cc3)cc2)c2ccc(C(C)C)cc2)cc1. The summed E-state index contributed by atoms with van der Waals surface area (Å²) in [7, 11) is 0. The zero-order valence-electron chi connectivity index (χ0n) is 19.4. The highest BCUT2D eigenvalue weighted by Crippen LogP contribution is 2.36. The topological polar surface area (TPSA) is 29.3 Å². The third-order valence-corrected chi connectivity index (χ3v) is 6.01. The van der Waals surface area contributed by atoms with Crippen LogP contribution in [0.25, 0.3) is 11.1 Å². The van der Waals surface area contributed by atoms with Crippen LogP contribution in [0, 0.1) is 0 Å². The first-order chi connectivity index (χ1) is 15.4. The van der Waals surface area contributed by atoms with Crippen LogP contribution >= 0.6 is 0 Å². The lowest BCUT2D eigenvalue weighted by Gasteiger charge is -2.26. The van der Waals surface area contributed by atoms with Gasteiger partial charge in [0.1, 0.15) is 0 Å². The molecule has 2 N–H and O–H groups in total. The largest absolute Gasteiger partial charge is 0.399 e. The number of hydrogen-bond donors (Lipinski definition) is 1. The van der Waals surface area contributed by atoms with Crippen molar-refractivity contribution in [3.63, 3.8) is 0 Å². The maximum Gasteiger partial charge on any atom is 0.0462 e. The first-order valence-electron chi connectivity index (χ1n) is 11.4. The van der Waals surface area contributed by atoms with Gasteiger partial charge >= 0.3 is 0 Å². The lowest BCUT2D eigenvalue weighted by atomic mass is 10.0. The van der Waals surface area contributed by atoms with Gasteiger partial charge in [0.05, 0.1) is 0 Å².